The van der Waals surface area contributed by atoms with Crippen molar-refractivity contribution in [2.45, 2.75) is 6.42 Å². The molecule has 0 spiro atoms. The summed E-state index contributed by atoms with van der Waals surface area (Å²) in [5.41, 5.74) is 5.94. The van der Waals surface area contributed by atoms with Crippen molar-refractivity contribution in [2.24, 2.45) is 11.7 Å². The van der Waals surface area contributed by atoms with Crippen molar-refractivity contribution in [2.75, 3.05) is 11.4 Å². The Bertz CT molecular complexity index is 765. The van der Waals surface area contributed by atoms with Crippen LogP contribution in [-0.4, -0.2) is 18.4 Å². The molecule has 20 heavy (non-hydrogen) atoms. The smallest absolute Gasteiger partial charge is 0.336 e. The summed E-state index contributed by atoms with van der Waals surface area (Å²) in [5.74, 6) is -1.05. The molecule has 6 nitrogen and oxygen atoms in total. The number of hydrogen-bond acceptors (Lipinski definition) is 4. The molecule has 6 heteroatoms. The average molecular weight is 272 g/mol. The molecule has 1 aromatic heterocycles. The number of benzene rings is 1. The molecular weight excluding hydrogens is 260 g/mol. The Kier molecular flexibility index (Phi) is 2.78. The average Bonchev–Trinajstić information content (AvgIpc) is 2.80. The van der Waals surface area contributed by atoms with Crippen LogP contribution in [0.1, 0.15) is 6.42 Å². The van der Waals surface area contributed by atoms with E-state index >= 15 is 0 Å². The van der Waals surface area contributed by atoms with E-state index in [1.807, 2.05) is 0 Å². The zero-order valence-corrected chi connectivity index (χ0v) is 10.5. The highest BCUT2D eigenvalue weighted by molar-refractivity contribution is 6.01. The fourth-order valence-corrected chi connectivity index (χ4v) is 2.37. The third-order valence-electron chi connectivity index (χ3n) is 3.44. The van der Waals surface area contributed by atoms with E-state index in [4.69, 9.17) is 10.2 Å². The van der Waals surface area contributed by atoms with E-state index in [-0.39, 0.29) is 18.9 Å². The van der Waals surface area contributed by atoms with Gasteiger partial charge < -0.3 is 15.1 Å². The standard InChI is InChI=1S/C14H12N2O4/c15-14(19)9-6-12(17)16(7-9)10-2-3-11-8(5-10)1-4-13(18)20-11/h1-5,9H,6-7H2,(H2,15,19). The monoisotopic (exact) mass is 272 g/mol. The van der Waals surface area contributed by atoms with Crippen LogP contribution in [0.5, 0.6) is 0 Å². The number of nitrogens with zero attached hydrogens (tertiary/aromatic N) is 1. The van der Waals surface area contributed by atoms with Crippen LogP contribution < -0.4 is 16.3 Å². The van der Waals surface area contributed by atoms with Gasteiger partial charge in [-0.3, -0.25) is 9.59 Å². The van der Waals surface area contributed by atoms with Gasteiger partial charge in [0.1, 0.15) is 5.58 Å². The van der Waals surface area contributed by atoms with E-state index < -0.39 is 17.5 Å². The minimum absolute atomic E-state index is 0.134. The van der Waals surface area contributed by atoms with Gasteiger partial charge >= 0.3 is 5.63 Å². The highest BCUT2D eigenvalue weighted by Crippen LogP contribution is 2.27. The molecule has 2 amide bonds. The number of amides is 2. The highest BCUT2D eigenvalue weighted by Gasteiger charge is 2.33. The Balaban J connectivity index is 1.98. The fourth-order valence-electron chi connectivity index (χ4n) is 2.37. The van der Waals surface area contributed by atoms with Crippen molar-refractivity contribution < 1.29 is 14.0 Å². The van der Waals surface area contributed by atoms with Crippen LogP contribution in [0, 0.1) is 5.92 Å². The van der Waals surface area contributed by atoms with Gasteiger partial charge in [0.05, 0.1) is 5.92 Å². The molecule has 0 saturated carbocycles. The van der Waals surface area contributed by atoms with Gasteiger partial charge in [0.25, 0.3) is 0 Å². The van der Waals surface area contributed by atoms with Crippen LogP contribution in [0.4, 0.5) is 5.69 Å². The summed E-state index contributed by atoms with van der Waals surface area (Å²) in [6.07, 6.45) is 0.136. The van der Waals surface area contributed by atoms with Crippen molar-refractivity contribution in [3.05, 3.63) is 40.8 Å². The van der Waals surface area contributed by atoms with Crippen molar-refractivity contribution in [1.29, 1.82) is 0 Å². The van der Waals surface area contributed by atoms with Gasteiger partial charge in [0.2, 0.25) is 11.8 Å². The van der Waals surface area contributed by atoms with E-state index in [9.17, 15) is 14.4 Å². The number of nitrogens with two attached hydrogens (primary N) is 1. The van der Waals surface area contributed by atoms with Crippen LogP contribution >= 0.6 is 0 Å². The Morgan fingerprint density at radius 2 is 2.05 bits per heavy atom. The molecule has 1 fully saturated rings. The molecule has 2 heterocycles. The molecule has 1 aliphatic heterocycles. The normalized spacial score (nSPS) is 18.7. The molecule has 2 N–H and O–H groups in total. The van der Waals surface area contributed by atoms with Gasteiger partial charge in [-0.05, 0) is 24.3 Å². The van der Waals surface area contributed by atoms with Gasteiger partial charge in [-0.2, -0.15) is 0 Å². The lowest BCUT2D eigenvalue weighted by atomic mass is 10.1. The van der Waals surface area contributed by atoms with Crippen molar-refractivity contribution in [3.8, 4) is 0 Å². The molecule has 1 atom stereocenters. The van der Waals surface area contributed by atoms with Gasteiger partial charge in [0.15, 0.2) is 0 Å². The molecule has 0 bridgehead atoms. The molecule has 0 aliphatic carbocycles. The van der Waals surface area contributed by atoms with E-state index in [1.54, 1.807) is 24.3 Å². The first-order valence-electron chi connectivity index (χ1n) is 6.18. The zero-order chi connectivity index (χ0) is 14.3. The van der Waals surface area contributed by atoms with Gasteiger partial charge in [-0.25, -0.2) is 4.79 Å². The predicted molar refractivity (Wildman–Crippen MR) is 72.1 cm³/mol. The molecule has 1 aliphatic rings. The third kappa shape index (κ3) is 2.05. The van der Waals surface area contributed by atoms with Crippen LogP contribution in [-0.2, 0) is 9.59 Å². The van der Waals surface area contributed by atoms with Gasteiger partial charge in [-0.1, -0.05) is 0 Å². The van der Waals surface area contributed by atoms with Crippen molar-refractivity contribution >= 4 is 28.5 Å². The van der Waals surface area contributed by atoms with Crippen molar-refractivity contribution in [1.82, 2.24) is 0 Å². The molecule has 3 rings (SSSR count). The van der Waals surface area contributed by atoms with Crippen LogP contribution in [0.25, 0.3) is 11.0 Å². The van der Waals surface area contributed by atoms with Crippen LogP contribution in [0.3, 0.4) is 0 Å². The quantitative estimate of drug-likeness (QED) is 0.811. The van der Waals surface area contributed by atoms with Gasteiger partial charge in [-0.15, -0.1) is 0 Å². The van der Waals surface area contributed by atoms with Crippen molar-refractivity contribution in [3.63, 3.8) is 0 Å². The molecule has 102 valence electrons. The second kappa shape index (κ2) is 4.48. The minimum atomic E-state index is -0.465. The highest BCUT2D eigenvalue weighted by atomic mass is 16.4. The maximum Gasteiger partial charge on any atom is 0.336 e. The second-order valence-corrected chi connectivity index (χ2v) is 4.78. The van der Waals surface area contributed by atoms with E-state index in [0.29, 0.717) is 11.3 Å². The number of primary amides is 1. The second-order valence-electron chi connectivity index (χ2n) is 4.78. The summed E-state index contributed by atoms with van der Waals surface area (Å²) >= 11 is 0. The fraction of sp³-hybridized carbons (Fsp3) is 0.214. The van der Waals surface area contributed by atoms with E-state index in [0.717, 1.165) is 5.39 Å². The molecule has 2 aromatic rings. The lowest BCUT2D eigenvalue weighted by Gasteiger charge is -2.16. The van der Waals surface area contributed by atoms with E-state index in [2.05, 4.69) is 0 Å². The molecule has 1 saturated heterocycles. The lowest BCUT2D eigenvalue weighted by Crippen LogP contribution is -2.28. The summed E-state index contributed by atoms with van der Waals surface area (Å²) in [6.45, 7) is 0.288. The maximum absolute atomic E-state index is 11.9. The zero-order valence-electron chi connectivity index (χ0n) is 10.5. The Hall–Kier alpha value is -2.63. The van der Waals surface area contributed by atoms with E-state index in [1.165, 1.54) is 11.0 Å². The summed E-state index contributed by atoms with van der Waals surface area (Å²) in [7, 11) is 0. The van der Waals surface area contributed by atoms with Gasteiger partial charge in [0, 0.05) is 30.1 Å². The minimum Gasteiger partial charge on any atom is -0.423 e. The maximum atomic E-state index is 11.9. The SMILES string of the molecule is NC(=O)C1CC(=O)N(c2ccc3oc(=O)ccc3c2)C1. The topological polar surface area (TPSA) is 93.6 Å². The Labute approximate surface area is 113 Å². The molecule has 0 radical (unpaired) electrons. The number of carbonyl (C=O) groups excluding carboxylic acids is 2. The number of rotatable bonds is 2. The number of anilines is 1. The largest absolute Gasteiger partial charge is 0.423 e. The van der Waals surface area contributed by atoms with Crippen LogP contribution in [0.15, 0.2) is 39.5 Å². The first-order valence-corrected chi connectivity index (χ1v) is 6.18. The molecule has 1 aromatic carbocycles. The predicted octanol–water partition coefficient (Wildman–Crippen LogP) is 0.631. The Morgan fingerprint density at radius 3 is 2.75 bits per heavy atom. The summed E-state index contributed by atoms with van der Waals surface area (Å²) in [4.78, 5) is 35.7. The van der Waals surface area contributed by atoms with Crippen LogP contribution in [0.2, 0.25) is 0 Å². The molecular formula is C14H12N2O4. The first kappa shape index (κ1) is 12.4. The summed E-state index contributed by atoms with van der Waals surface area (Å²) in [6, 6.07) is 8.03. The Morgan fingerprint density at radius 1 is 1.25 bits per heavy atom. The third-order valence-corrected chi connectivity index (χ3v) is 3.44. The summed E-state index contributed by atoms with van der Waals surface area (Å²) < 4.78 is 5.03. The first-order chi connectivity index (χ1) is 9.54. The lowest BCUT2D eigenvalue weighted by molar-refractivity contribution is -0.123. The molecule has 1 unspecified atom stereocenters. The number of carbonyl (C=O) groups is 2. The number of hydrogen-bond donors (Lipinski definition) is 1. The summed E-state index contributed by atoms with van der Waals surface area (Å²) in [5, 5.41) is 0.720. The number of fused-ring (bicyclic) bond motifs is 1.